The third-order valence-electron chi connectivity index (χ3n) is 5.69. The quantitative estimate of drug-likeness (QED) is 0.738. The topological polar surface area (TPSA) is 61.9 Å². The van der Waals surface area contributed by atoms with E-state index in [1.54, 1.807) is 6.20 Å². The Kier molecular flexibility index (Phi) is 5.24. The van der Waals surface area contributed by atoms with E-state index in [4.69, 9.17) is 0 Å². The van der Waals surface area contributed by atoms with Crippen LogP contribution in [0.4, 0.5) is 0 Å². The first-order valence-corrected chi connectivity index (χ1v) is 10.0. The number of likely N-dealkylation sites (tertiary alicyclic amines) is 1. The molecular formula is C23H26N4O. The summed E-state index contributed by atoms with van der Waals surface area (Å²) in [6, 6.07) is 12.0. The van der Waals surface area contributed by atoms with Crippen molar-refractivity contribution in [1.82, 2.24) is 20.1 Å². The highest BCUT2D eigenvalue weighted by atomic mass is 16.2. The molecule has 3 aromatic rings. The van der Waals surface area contributed by atoms with Crippen LogP contribution in [0.2, 0.25) is 0 Å². The number of H-pyrrole nitrogens is 1. The summed E-state index contributed by atoms with van der Waals surface area (Å²) >= 11 is 0. The molecule has 144 valence electrons. The summed E-state index contributed by atoms with van der Waals surface area (Å²) in [4.78, 5) is 19.9. The van der Waals surface area contributed by atoms with E-state index < -0.39 is 0 Å². The lowest BCUT2D eigenvalue weighted by molar-refractivity contribution is 0.0705. The Morgan fingerprint density at radius 3 is 2.86 bits per heavy atom. The summed E-state index contributed by atoms with van der Waals surface area (Å²) in [5.41, 5.74) is 5.94. The number of aryl methyl sites for hydroxylation is 2. The second-order valence-electron chi connectivity index (χ2n) is 7.44. The van der Waals surface area contributed by atoms with Crippen molar-refractivity contribution in [3.63, 3.8) is 0 Å². The third kappa shape index (κ3) is 3.44. The number of carbonyl (C=O) groups excluding carboxylic acids is 1. The molecule has 5 nitrogen and oxygen atoms in total. The van der Waals surface area contributed by atoms with E-state index in [-0.39, 0.29) is 5.91 Å². The molecule has 0 aliphatic carbocycles. The Bertz CT molecular complexity index is 964. The Labute approximate surface area is 165 Å². The first-order valence-electron chi connectivity index (χ1n) is 10.0. The minimum Gasteiger partial charge on any atom is -0.338 e. The van der Waals surface area contributed by atoms with Crippen LogP contribution in [0, 0.1) is 6.92 Å². The van der Waals surface area contributed by atoms with Crippen LogP contribution >= 0.6 is 0 Å². The molecule has 1 aliphatic rings. The van der Waals surface area contributed by atoms with Crippen molar-refractivity contribution in [2.24, 2.45) is 0 Å². The van der Waals surface area contributed by atoms with Crippen LogP contribution in [-0.2, 0) is 6.42 Å². The molecule has 0 bridgehead atoms. The van der Waals surface area contributed by atoms with Gasteiger partial charge in [0.05, 0.1) is 17.5 Å². The Morgan fingerprint density at radius 1 is 1.25 bits per heavy atom. The summed E-state index contributed by atoms with van der Waals surface area (Å²) in [5.74, 6) is 0.388. The van der Waals surface area contributed by atoms with Crippen LogP contribution in [0.25, 0.3) is 11.1 Å². The van der Waals surface area contributed by atoms with Crippen LogP contribution in [0.3, 0.4) is 0 Å². The summed E-state index contributed by atoms with van der Waals surface area (Å²) < 4.78 is 0. The normalized spacial score (nSPS) is 16.9. The van der Waals surface area contributed by atoms with Gasteiger partial charge in [0.25, 0.3) is 5.91 Å². The fourth-order valence-corrected chi connectivity index (χ4v) is 4.21. The highest BCUT2D eigenvalue weighted by molar-refractivity contribution is 6.01. The summed E-state index contributed by atoms with van der Waals surface area (Å²) in [6.45, 7) is 5.57. The molecule has 0 saturated carbocycles. The second-order valence-corrected chi connectivity index (χ2v) is 7.44. The Hall–Kier alpha value is -2.95. The van der Waals surface area contributed by atoms with Crippen molar-refractivity contribution >= 4 is 5.91 Å². The zero-order chi connectivity index (χ0) is 19.5. The zero-order valence-electron chi connectivity index (χ0n) is 16.5. The number of amides is 1. The molecule has 1 aliphatic heterocycles. The van der Waals surface area contributed by atoms with Crippen molar-refractivity contribution in [3.05, 3.63) is 71.3 Å². The molecule has 1 aromatic carbocycles. The molecular weight excluding hydrogens is 348 g/mol. The fraction of sp³-hybridized carbons (Fsp3) is 0.348. The van der Waals surface area contributed by atoms with E-state index in [1.807, 2.05) is 54.4 Å². The van der Waals surface area contributed by atoms with Crippen molar-refractivity contribution < 1.29 is 4.79 Å². The van der Waals surface area contributed by atoms with Crippen LogP contribution in [0.1, 0.15) is 53.0 Å². The molecule has 1 atom stereocenters. The van der Waals surface area contributed by atoms with Gasteiger partial charge in [0.2, 0.25) is 0 Å². The molecule has 5 heteroatoms. The smallest absolute Gasteiger partial charge is 0.256 e. The number of carbonyl (C=O) groups is 1. The van der Waals surface area contributed by atoms with Crippen LogP contribution in [0.15, 0.2) is 48.8 Å². The van der Waals surface area contributed by atoms with Crippen molar-refractivity contribution in [3.8, 4) is 11.1 Å². The standard InChI is InChI=1S/C23H26N4O/c1-3-17-14-25-26-22(17)19-10-7-13-27(15-19)23(28)21-16(2)24-12-11-20(21)18-8-5-4-6-9-18/h4-6,8-9,11-12,14,19H,3,7,10,13,15H2,1-2H3,(H,25,26)/t19-/m0/s1. The summed E-state index contributed by atoms with van der Waals surface area (Å²) in [7, 11) is 0. The maximum absolute atomic E-state index is 13.5. The average Bonchev–Trinajstić information content (AvgIpc) is 3.23. The van der Waals surface area contributed by atoms with Crippen molar-refractivity contribution in [1.29, 1.82) is 0 Å². The van der Waals surface area contributed by atoms with Gasteiger partial charge in [-0.05, 0) is 48.9 Å². The van der Waals surface area contributed by atoms with Crippen molar-refractivity contribution in [2.75, 3.05) is 13.1 Å². The number of hydrogen-bond acceptors (Lipinski definition) is 3. The van der Waals surface area contributed by atoms with Crippen LogP contribution in [0.5, 0.6) is 0 Å². The van der Waals surface area contributed by atoms with Gasteiger partial charge >= 0.3 is 0 Å². The number of aromatic amines is 1. The van der Waals surface area contributed by atoms with Crippen molar-refractivity contribution in [2.45, 2.75) is 39.0 Å². The monoisotopic (exact) mass is 374 g/mol. The molecule has 1 N–H and O–H groups in total. The van der Waals surface area contributed by atoms with Gasteiger partial charge in [0.1, 0.15) is 0 Å². The number of benzene rings is 1. The number of rotatable bonds is 4. The summed E-state index contributed by atoms with van der Waals surface area (Å²) in [5, 5.41) is 7.40. The third-order valence-corrected chi connectivity index (χ3v) is 5.69. The van der Waals surface area contributed by atoms with Gasteiger partial charge in [0.15, 0.2) is 0 Å². The van der Waals surface area contributed by atoms with Crippen LogP contribution < -0.4 is 0 Å². The van der Waals surface area contributed by atoms with Gasteiger partial charge in [-0.1, -0.05) is 37.3 Å². The van der Waals surface area contributed by atoms with E-state index in [2.05, 4.69) is 22.1 Å². The van der Waals surface area contributed by atoms with E-state index in [0.717, 1.165) is 54.7 Å². The number of nitrogens with one attached hydrogen (secondary N) is 1. The fourth-order valence-electron chi connectivity index (χ4n) is 4.21. The van der Waals surface area contributed by atoms with E-state index in [9.17, 15) is 4.79 Å². The maximum atomic E-state index is 13.5. The molecule has 1 amide bonds. The molecule has 0 radical (unpaired) electrons. The maximum Gasteiger partial charge on any atom is 0.256 e. The van der Waals surface area contributed by atoms with E-state index in [0.29, 0.717) is 5.92 Å². The highest BCUT2D eigenvalue weighted by Crippen LogP contribution is 2.31. The molecule has 3 heterocycles. The van der Waals surface area contributed by atoms with Crippen LogP contribution in [-0.4, -0.2) is 39.1 Å². The first-order chi connectivity index (χ1) is 13.7. The van der Waals surface area contributed by atoms with Gasteiger partial charge in [-0.3, -0.25) is 14.9 Å². The predicted molar refractivity (Wildman–Crippen MR) is 110 cm³/mol. The molecule has 0 unspecified atom stereocenters. The number of pyridine rings is 1. The largest absolute Gasteiger partial charge is 0.338 e. The van der Waals surface area contributed by atoms with E-state index >= 15 is 0 Å². The molecule has 1 fully saturated rings. The van der Waals surface area contributed by atoms with Gasteiger partial charge in [0, 0.05) is 30.9 Å². The van der Waals surface area contributed by atoms with E-state index in [1.165, 1.54) is 11.3 Å². The van der Waals surface area contributed by atoms with Gasteiger partial charge in [-0.25, -0.2) is 0 Å². The molecule has 1 saturated heterocycles. The van der Waals surface area contributed by atoms with Gasteiger partial charge in [-0.15, -0.1) is 0 Å². The first kappa shape index (κ1) is 18.4. The number of piperidine rings is 1. The molecule has 2 aromatic heterocycles. The second kappa shape index (κ2) is 7.97. The number of hydrogen-bond donors (Lipinski definition) is 1. The minimum atomic E-state index is 0.0757. The highest BCUT2D eigenvalue weighted by Gasteiger charge is 2.29. The lowest BCUT2D eigenvalue weighted by atomic mass is 9.91. The number of aromatic nitrogens is 3. The lowest BCUT2D eigenvalue weighted by Crippen LogP contribution is -2.40. The summed E-state index contributed by atoms with van der Waals surface area (Å²) in [6.07, 6.45) is 6.73. The van der Waals surface area contributed by atoms with Gasteiger partial charge in [-0.2, -0.15) is 5.10 Å². The predicted octanol–water partition coefficient (Wildman–Crippen LogP) is 4.36. The lowest BCUT2D eigenvalue weighted by Gasteiger charge is -2.33. The van der Waals surface area contributed by atoms with Gasteiger partial charge < -0.3 is 4.90 Å². The minimum absolute atomic E-state index is 0.0757. The molecule has 0 spiro atoms. The Morgan fingerprint density at radius 2 is 2.07 bits per heavy atom. The average molecular weight is 374 g/mol. The molecule has 4 rings (SSSR count). The Balaban J connectivity index is 1.65. The number of nitrogens with zero attached hydrogens (tertiary/aromatic N) is 3. The SMILES string of the molecule is CCc1cn[nH]c1[C@H]1CCCN(C(=O)c2c(-c3ccccc3)ccnc2C)C1. The zero-order valence-corrected chi connectivity index (χ0v) is 16.5. The molecule has 28 heavy (non-hydrogen) atoms.